The Morgan fingerprint density at radius 3 is 0.722 bits per heavy atom. The highest BCUT2D eigenvalue weighted by Crippen LogP contribution is 2.44. The smallest absolute Gasteiger partial charge is 0.0737 e. The molecule has 404 valence electrons. The number of fused-ring (bicyclic) bond motifs is 8. The van der Waals surface area contributed by atoms with Gasteiger partial charge in [-0.25, -0.2) is 9.97 Å². The summed E-state index contributed by atoms with van der Waals surface area (Å²) in [6.07, 6.45) is 8.93. The molecular formula is C74H81BrN4. The van der Waals surface area contributed by atoms with Crippen LogP contribution in [0.15, 0.2) is 132 Å². The van der Waals surface area contributed by atoms with E-state index in [2.05, 4.69) is 302 Å². The van der Waals surface area contributed by atoms with Crippen molar-refractivity contribution in [2.24, 2.45) is 0 Å². The summed E-state index contributed by atoms with van der Waals surface area (Å²) >= 11 is 3.64. The Bertz CT molecular complexity index is 3750. The molecule has 0 spiro atoms. The standard InChI is InChI=1S/C74H81BrN4/c1-69(2,3)50-35-47(36-51(41-50)70(4,5)6)66-59-29-27-57(76-59)65(46-21-19-44(20-22-46)45-23-25-56(75)26-24-45)58-28-30-60(77-58)67(48-37-52(71(7,8)9)42-53(38-48)72(10,11)12)62-32-34-64(79-62)68(63-33-31-61(66)78-63)49-39-54(73(13,14)15)43-55(40-49)74(16,17)18/h19-43,76,79H,1-18H3. The van der Waals surface area contributed by atoms with Crippen LogP contribution in [0.3, 0.4) is 0 Å². The van der Waals surface area contributed by atoms with Crippen molar-refractivity contribution in [2.45, 2.75) is 157 Å². The maximum absolute atomic E-state index is 5.83. The molecule has 0 atom stereocenters. The zero-order chi connectivity index (χ0) is 56.9. The zero-order valence-corrected chi connectivity index (χ0v) is 51.8. The zero-order valence-electron chi connectivity index (χ0n) is 50.2. The minimum absolute atomic E-state index is 0.0990. The summed E-state index contributed by atoms with van der Waals surface area (Å²) < 4.78 is 1.06. The van der Waals surface area contributed by atoms with Crippen LogP contribution in [0, 0.1) is 0 Å². The van der Waals surface area contributed by atoms with Crippen LogP contribution in [0.4, 0.5) is 0 Å². The van der Waals surface area contributed by atoms with Crippen LogP contribution in [-0.2, 0) is 32.5 Å². The lowest BCUT2D eigenvalue weighted by molar-refractivity contribution is 0.568. The number of hydrogen-bond acceptors (Lipinski definition) is 2. The summed E-state index contributed by atoms with van der Waals surface area (Å²) in [6.45, 7) is 41.7. The molecule has 4 nitrogen and oxygen atoms in total. The number of aromatic amines is 2. The van der Waals surface area contributed by atoms with Crippen molar-refractivity contribution in [3.63, 3.8) is 0 Å². The van der Waals surface area contributed by atoms with Crippen LogP contribution in [0.5, 0.6) is 0 Å². The molecular weight excluding hydrogens is 1020 g/mol. The molecule has 0 radical (unpaired) electrons. The number of H-pyrrole nitrogens is 2. The fourth-order valence-corrected chi connectivity index (χ4v) is 11.1. The summed E-state index contributed by atoms with van der Waals surface area (Å²) in [7, 11) is 0. The first-order chi connectivity index (χ1) is 36.8. The number of nitrogens with zero attached hydrogens (tertiary/aromatic N) is 2. The average molecular weight is 1110 g/mol. The maximum Gasteiger partial charge on any atom is 0.0737 e. The van der Waals surface area contributed by atoms with Gasteiger partial charge >= 0.3 is 0 Å². The average Bonchev–Trinajstić information content (AvgIpc) is 4.35. The predicted molar refractivity (Wildman–Crippen MR) is 346 cm³/mol. The van der Waals surface area contributed by atoms with Gasteiger partial charge in [-0.05, 0) is 160 Å². The van der Waals surface area contributed by atoms with Gasteiger partial charge in [-0.1, -0.05) is 232 Å². The Morgan fingerprint density at radius 1 is 0.266 bits per heavy atom. The lowest BCUT2D eigenvalue weighted by Crippen LogP contribution is -2.16. The second-order valence-corrected chi connectivity index (χ2v) is 29.4. The molecule has 0 saturated heterocycles. The summed E-state index contributed by atoms with van der Waals surface area (Å²) in [5.41, 5.74) is 25.7. The Hall–Kier alpha value is -6.82. The Morgan fingerprint density at radius 2 is 0.481 bits per heavy atom. The Balaban J connectivity index is 1.41. The van der Waals surface area contributed by atoms with E-state index in [0.717, 1.165) is 105 Å². The molecule has 5 aromatic carbocycles. The normalized spacial score (nSPS) is 13.4. The highest BCUT2D eigenvalue weighted by atomic mass is 79.9. The molecule has 79 heavy (non-hydrogen) atoms. The molecule has 2 aliphatic heterocycles. The van der Waals surface area contributed by atoms with Gasteiger partial charge in [0.25, 0.3) is 0 Å². The SMILES string of the molecule is CC(C)(C)c1cc(-c2c3nc(c(-c4cc(C(C)(C)C)cc(C(C)(C)C)c4)c4ccc([nH]4)c(-c4cc(C(C)(C)C)cc(C(C)(C)C)c4)c4nc(c(-c5ccc(-c6ccc(Br)cc6)cc5)c5ccc2[nH]5)C=C4)C=C3)cc(C(C)(C)C)c1. The van der Waals surface area contributed by atoms with Gasteiger partial charge < -0.3 is 9.97 Å². The quantitative estimate of drug-likeness (QED) is 0.180. The van der Waals surface area contributed by atoms with Crippen LogP contribution in [0.1, 0.15) is 181 Å². The van der Waals surface area contributed by atoms with Crippen molar-refractivity contribution in [1.82, 2.24) is 19.9 Å². The van der Waals surface area contributed by atoms with E-state index in [-0.39, 0.29) is 32.5 Å². The number of hydrogen-bond donors (Lipinski definition) is 2. The topological polar surface area (TPSA) is 57.4 Å². The van der Waals surface area contributed by atoms with E-state index in [9.17, 15) is 0 Å². The van der Waals surface area contributed by atoms with Crippen LogP contribution in [0.25, 0.3) is 102 Å². The van der Waals surface area contributed by atoms with Gasteiger partial charge in [0, 0.05) is 48.8 Å². The van der Waals surface area contributed by atoms with Crippen LogP contribution in [-0.4, -0.2) is 19.9 Å². The first kappa shape index (κ1) is 55.5. The fourth-order valence-electron chi connectivity index (χ4n) is 10.8. The highest BCUT2D eigenvalue weighted by molar-refractivity contribution is 9.10. The van der Waals surface area contributed by atoms with Gasteiger partial charge in [0.15, 0.2) is 0 Å². The molecule has 3 aromatic heterocycles. The van der Waals surface area contributed by atoms with Crippen molar-refractivity contribution >= 4 is 62.3 Å². The molecule has 8 bridgehead atoms. The van der Waals surface area contributed by atoms with Gasteiger partial charge in [0.1, 0.15) is 0 Å². The molecule has 2 N–H and O–H groups in total. The minimum atomic E-state index is -0.0993. The Labute approximate surface area is 480 Å². The molecule has 10 rings (SSSR count). The molecule has 5 heterocycles. The lowest BCUT2D eigenvalue weighted by Gasteiger charge is -2.26. The van der Waals surface area contributed by atoms with E-state index in [4.69, 9.17) is 9.97 Å². The van der Waals surface area contributed by atoms with E-state index in [1.54, 1.807) is 0 Å². The lowest BCUT2D eigenvalue weighted by atomic mass is 9.78. The van der Waals surface area contributed by atoms with Crippen LogP contribution < -0.4 is 0 Å². The summed E-state index contributed by atoms with van der Waals surface area (Å²) in [5.74, 6) is 0. The molecule has 0 unspecified atom stereocenters. The Kier molecular flexibility index (Phi) is 13.9. The first-order valence-corrected chi connectivity index (χ1v) is 29.1. The van der Waals surface area contributed by atoms with E-state index >= 15 is 0 Å². The third-order valence-electron chi connectivity index (χ3n) is 16.0. The molecule has 0 fully saturated rings. The molecule has 2 aliphatic rings. The molecule has 0 aliphatic carbocycles. The second-order valence-electron chi connectivity index (χ2n) is 28.5. The van der Waals surface area contributed by atoms with Crippen molar-refractivity contribution < 1.29 is 0 Å². The molecule has 0 saturated carbocycles. The van der Waals surface area contributed by atoms with Gasteiger partial charge in [-0.2, -0.15) is 0 Å². The number of nitrogens with one attached hydrogen (secondary N) is 2. The molecule has 5 heteroatoms. The second kappa shape index (κ2) is 19.8. The van der Waals surface area contributed by atoms with Crippen molar-refractivity contribution in [3.05, 3.63) is 188 Å². The van der Waals surface area contributed by atoms with Crippen molar-refractivity contribution in [3.8, 4) is 55.6 Å². The van der Waals surface area contributed by atoms with Gasteiger partial charge in [-0.15, -0.1) is 0 Å². The fraction of sp³-hybridized carbons (Fsp3) is 0.324. The van der Waals surface area contributed by atoms with Crippen LogP contribution in [0.2, 0.25) is 0 Å². The van der Waals surface area contributed by atoms with Gasteiger partial charge in [0.05, 0.1) is 22.8 Å². The maximum atomic E-state index is 5.83. The summed E-state index contributed by atoms with van der Waals surface area (Å²) in [5, 5.41) is 0. The summed E-state index contributed by atoms with van der Waals surface area (Å²) in [4.78, 5) is 19.8. The third kappa shape index (κ3) is 11.4. The van der Waals surface area contributed by atoms with E-state index in [1.807, 2.05) is 0 Å². The van der Waals surface area contributed by atoms with Crippen molar-refractivity contribution in [2.75, 3.05) is 0 Å². The number of aromatic nitrogens is 4. The predicted octanol–water partition coefficient (Wildman–Crippen LogP) is 21.5. The first-order valence-electron chi connectivity index (χ1n) is 28.3. The van der Waals surface area contributed by atoms with E-state index in [1.165, 1.54) is 33.4 Å². The number of benzene rings is 5. The van der Waals surface area contributed by atoms with Crippen LogP contribution >= 0.6 is 15.9 Å². The largest absolute Gasteiger partial charge is 0.354 e. The van der Waals surface area contributed by atoms with Gasteiger partial charge in [-0.3, -0.25) is 0 Å². The molecule has 0 amide bonds. The van der Waals surface area contributed by atoms with E-state index < -0.39 is 0 Å². The van der Waals surface area contributed by atoms with Crippen molar-refractivity contribution in [1.29, 1.82) is 0 Å². The monoisotopic (exact) mass is 1100 g/mol. The van der Waals surface area contributed by atoms with Gasteiger partial charge in [0.2, 0.25) is 0 Å². The minimum Gasteiger partial charge on any atom is -0.354 e. The van der Waals surface area contributed by atoms with E-state index in [0.29, 0.717) is 0 Å². The molecule has 8 aromatic rings. The summed E-state index contributed by atoms with van der Waals surface area (Å²) in [6, 6.07) is 48.2. The third-order valence-corrected chi connectivity index (χ3v) is 16.5. The number of halogens is 1. The highest BCUT2D eigenvalue weighted by Gasteiger charge is 2.28. The number of rotatable bonds is 5.